The van der Waals surface area contributed by atoms with Crippen LogP contribution >= 0.6 is 0 Å². The van der Waals surface area contributed by atoms with Gasteiger partial charge in [0.15, 0.2) is 0 Å². The molecule has 1 atom stereocenters. The zero-order valence-electron chi connectivity index (χ0n) is 11.1. The van der Waals surface area contributed by atoms with Gasteiger partial charge in [-0.05, 0) is 27.8 Å². The predicted octanol–water partition coefficient (Wildman–Crippen LogP) is 0.722. The van der Waals surface area contributed by atoms with Crippen LogP contribution in [0, 0.1) is 0 Å². The standard InChI is InChI=1S/C12H26N2O2/c1-5-15-10-11(13-4)12(2,3)14-6-8-16-9-7-14/h11,13H,5-10H2,1-4H3. The first kappa shape index (κ1) is 13.9. The zero-order valence-corrected chi connectivity index (χ0v) is 11.1. The van der Waals surface area contributed by atoms with Crippen molar-refractivity contribution in [2.75, 3.05) is 46.6 Å². The number of nitrogens with zero attached hydrogens (tertiary/aromatic N) is 1. The van der Waals surface area contributed by atoms with E-state index in [4.69, 9.17) is 9.47 Å². The summed E-state index contributed by atoms with van der Waals surface area (Å²) in [5, 5.41) is 3.37. The lowest BCUT2D eigenvalue weighted by Crippen LogP contribution is -2.61. The van der Waals surface area contributed by atoms with Crippen LogP contribution in [0.2, 0.25) is 0 Å². The van der Waals surface area contributed by atoms with Gasteiger partial charge in [0.05, 0.1) is 19.8 Å². The highest BCUT2D eigenvalue weighted by molar-refractivity contribution is 4.93. The highest BCUT2D eigenvalue weighted by atomic mass is 16.5. The lowest BCUT2D eigenvalue weighted by atomic mass is 9.92. The van der Waals surface area contributed by atoms with Crippen LogP contribution in [-0.2, 0) is 9.47 Å². The maximum Gasteiger partial charge on any atom is 0.0637 e. The van der Waals surface area contributed by atoms with Crippen LogP contribution in [0.25, 0.3) is 0 Å². The van der Waals surface area contributed by atoms with Crippen molar-refractivity contribution in [3.8, 4) is 0 Å². The molecule has 0 aliphatic carbocycles. The molecule has 1 fully saturated rings. The van der Waals surface area contributed by atoms with Crippen LogP contribution in [0.15, 0.2) is 0 Å². The minimum absolute atomic E-state index is 0.105. The van der Waals surface area contributed by atoms with E-state index in [2.05, 4.69) is 24.1 Å². The van der Waals surface area contributed by atoms with Crippen LogP contribution < -0.4 is 5.32 Å². The van der Waals surface area contributed by atoms with Crippen molar-refractivity contribution in [1.82, 2.24) is 10.2 Å². The Balaban J connectivity index is 2.56. The number of hydrogen-bond donors (Lipinski definition) is 1. The Morgan fingerprint density at radius 1 is 1.38 bits per heavy atom. The average Bonchev–Trinajstić information content (AvgIpc) is 2.31. The lowest BCUT2D eigenvalue weighted by Gasteiger charge is -2.45. The van der Waals surface area contributed by atoms with E-state index < -0.39 is 0 Å². The molecule has 0 radical (unpaired) electrons. The van der Waals surface area contributed by atoms with Crippen LogP contribution in [-0.4, -0.2) is 63.0 Å². The fourth-order valence-electron chi connectivity index (χ4n) is 2.24. The normalized spacial score (nSPS) is 21.0. The van der Waals surface area contributed by atoms with Gasteiger partial charge < -0.3 is 14.8 Å². The Morgan fingerprint density at radius 3 is 2.50 bits per heavy atom. The number of rotatable bonds is 6. The summed E-state index contributed by atoms with van der Waals surface area (Å²) in [5.74, 6) is 0. The van der Waals surface area contributed by atoms with Gasteiger partial charge in [0.1, 0.15) is 0 Å². The molecular formula is C12H26N2O2. The highest BCUT2D eigenvalue weighted by Crippen LogP contribution is 2.20. The molecule has 96 valence electrons. The van der Waals surface area contributed by atoms with E-state index in [-0.39, 0.29) is 5.54 Å². The first-order chi connectivity index (χ1) is 7.62. The average molecular weight is 230 g/mol. The number of nitrogens with one attached hydrogen (secondary N) is 1. The molecule has 1 N–H and O–H groups in total. The number of hydrogen-bond acceptors (Lipinski definition) is 4. The maximum atomic E-state index is 5.54. The third kappa shape index (κ3) is 3.42. The SMILES string of the molecule is CCOCC(NC)C(C)(C)N1CCOCC1. The first-order valence-corrected chi connectivity index (χ1v) is 6.20. The fraction of sp³-hybridized carbons (Fsp3) is 1.00. The van der Waals surface area contributed by atoms with Gasteiger partial charge in [0, 0.05) is 31.3 Å². The highest BCUT2D eigenvalue weighted by Gasteiger charge is 2.35. The summed E-state index contributed by atoms with van der Waals surface area (Å²) in [7, 11) is 2.01. The molecular weight excluding hydrogens is 204 g/mol. The molecule has 16 heavy (non-hydrogen) atoms. The molecule has 4 nitrogen and oxygen atoms in total. The van der Waals surface area contributed by atoms with Gasteiger partial charge >= 0.3 is 0 Å². The second-order valence-corrected chi connectivity index (χ2v) is 4.75. The molecule has 0 amide bonds. The van der Waals surface area contributed by atoms with Gasteiger partial charge in [-0.2, -0.15) is 0 Å². The van der Waals surface area contributed by atoms with E-state index in [9.17, 15) is 0 Å². The van der Waals surface area contributed by atoms with E-state index in [1.807, 2.05) is 14.0 Å². The fourth-order valence-corrected chi connectivity index (χ4v) is 2.24. The van der Waals surface area contributed by atoms with Crippen molar-refractivity contribution in [1.29, 1.82) is 0 Å². The Labute approximate surface area is 99.3 Å². The second kappa shape index (κ2) is 6.55. The summed E-state index contributed by atoms with van der Waals surface area (Å²) >= 11 is 0. The van der Waals surface area contributed by atoms with Crippen molar-refractivity contribution in [2.45, 2.75) is 32.4 Å². The summed E-state index contributed by atoms with van der Waals surface area (Å²) < 4.78 is 10.9. The molecule has 1 aliphatic rings. The smallest absolute Gasteiger partial charge is 0.0637 e. The molecule has 0 saturated carbocycles. The van der Waals surface area contributed by atoms with E-state index >= 15 is 0 Å². The Hall–Kier alpha value is -0.160. The Bertz CT molecular complexity index is 191. The largest absolute Gasteiger partial charge is 0.380 e. The van der Waals surface area contributed by atoms with Gasteiger partial charge in [-0.3, -0.25) is 4.90 Å². The van der Waals surface area contributed by atoms with Gasteiger partial charge in [-0.1, -0.05) is 0 Å². The predicted molar refractivity (Wildman–Crippen MR) is 65.8 cm³/mol. The summed E-state index contributed by atoms with van der Waals surface area (Å²) in [6.45, 7) is 11.8. The molecule has 0 aromatic heterocycles. The van der Waals surface area contributed by atoms with Crippen LogP contribution in [0.4, 0.5) is 0 Å². The summed E-state index contributed by atoms with van der Waals surface area (Å²) in [5.41, 5.74) is 0.105. The Kier molecular flexibility index (Phi) is 5.69. The van der Waals surface area contributed by atoms with Crippen molar-refractivity contribution < 1.29 is 9.47 Å². The topological polar surface area (TPSA) is 33.7 Å². The molecule has 4 heteroatoms. The van der Waals surface area contributed by atoms with Crippen molar-refractivity contribution >= 4 is 0 Å². The maximum absolute atomic E-state index is 5.54. The third-order valence-corrected chi connectivity index (χ3v) is 3.52. The molecule has 1 aliphatic heterocycles. The van der Waals surface area contributed by atoms with Gasteiger partial charge in [-0.15, -0.1) is 0 Å². The van der Waals surface area contributed by atoms with Crippen LogP contribution in [0.5, 0.6) is 0 Å². The minimum atomic E-state index is 0.105. The molecule has 1 unspecified atom stereocenters. The molecule has 0 aromatic carbocycles. The molecule has 0 bridgehead atoms. The molecule has 0 aromatic rings. The number of likely N-dealkylation sites (N-methyl/N-ethyl adjacent to an activating group) is 1. The summed E-state index contributed by atoms with van der Waals surface area (Å²) in [6.07, 6.45) is 0. The van der Waals surface area contributed by atoms with Crippen LogP contribution in [0.1, 0.15) is 20.8 Å². The number of morpholine rings is 1. The summed E-state index contributed by atoms with van der Waals surface area (Å²) in [6, 6.07) is 0.352. The third-order valence-electron chi connectivity index (χ3n) is 3.52. The van der Waals surface area contributed by atoms with Gasteiger partial charge in [0.2, 0.25) is 0 Å². The number of ether oxygens (including phenoxy) is 2. The zero-order chi connectivity index (χ0) is 12.0. The lowest BCUT2D eigenvalue weighted by molar-refractivity contribution is -0.0355. The van der Waals surface area contributed by atoms with E-state index in [0.29, 0.717) is 6.04 Å². The van der Waals surface area contributed by atoms with Gasteiger partial charge in [0.25, 0.3) is 0 Å². The van der Waals surface area contributed by atoms with E-state index in [0.717, 1.165) is 39.5 Å². The van der Waals surface area contributed by atoms with Gasteiger partial charge in [-0.25, -0.2) is 0 Å². The molecule has 1 heterocycles. The quantitative estimate of drug-likeness (QED) is 0.729. The molecule has 0 spiro atoms. The minimum Gasteiger partial charge on any atom is -0.380 e. The second-order valence-electron chi connectivity index (χ2n) is 4.75. The van der Waals surface area contributed by atoms with Crippen molar-refractivity contribution in [2.24, 2.45) is 0 Å². The Morgan fingerprint density at radius 2 is 2.00 bits per heavy atom. The van der Waals surface area contributed by atoms with Crippen molar-refractivity contribution in [3.63, 3.8) is 0 Å². The van der Waals surface area contributed by atoms with Crippen LogP contribution in [0.3, 0.4) is 0 Å². The summed E-state index contributed by atoms with van der Waals surface area (Å²) in [4.78, 5) is 2.48. The molecule has 1 saturated heterocycles. The van der Waals surface area contributed by atoms with E-state index in [1.54, 1.807) is 0 Å². The monoisotopic (exact) mass is 230 g/mol. The first-order valence-electron chi connectivity index (χ1n) is 6.20. The molecule has 1 rings (SSSR count). The van der Waals surface area contributed by atoms with Crippen molar-refractivity contribution in [3.05, 3.63) is 0 Å². The van der Waals surface area contributed by atoms with E-state index in [1.165, 1.54) is 0 Å².